The van der Waals surface area contributed by atoms with Gasteiger partial charge in [0.05, 0.1) is 19.2 Å². The topological polar surface area (TPSA) is 203 Å². The number of carbonyl (C=O) groups excluding carboxylic acids is 2. The summed E-state index contributed by atoms with van der Waals surface area (Å²) in [5.41, 5.74) is 5.04. The van der Waals surface area contributed by atoms with E-state index in [1.165, 1.54) is 11.7 Å². The Hall–Kier alpha value is -3.53. The van der Waals surface area contributed by atoms with Crippen molar-refractivity contribution in [3.05, 3.63) is 27.0 Å². The number of amidine groups is 1. The van der Waals surface area contributed by atoms with Crippen molar-refractivity contribution in [2.24, 2.45) is 30.1 Å². The smallest absolute Gasteiger partial charge is 0.441 e. The highest BCUT2D eigenvalue weighted by atomic mass is 35.5. The van der Waals surface area contributed by atoms with E-state index < -0.39 is 11.2 Å². The second-order valence-electron chi connectivity index (χ2n) is 6.59. The third-order valence-electron chi connectivity index (χ3n) is 4.10. The fourth-order valence-corrected chi connectivity index (χ4v) is 1.99. The zero-order valence-electron chi connectivity index (χ0n) is 21.9. The molecule has 0 saturated heterocycles. The first-order valence-corrected chi connectivity index (χ1v) is 11.7. The molecule has 3 N–H and O–H groups in total. The number of oxime groups is 2. The molecule has 0 spiro atoms. The number of hydrogen-bond acceptors (Lipinski definition) is 13. The SMILES string of the molecule is CCC(N)=NO.CCC1=NOC(=O)C1.CCc1noc(=O)n1C.CCc1noc(=S)n1C.COC(=O)Cl. The lowest BCUT2D eigenvalue weighted by Gasteiger charge is -1.88. The summed E-state index contributed by atoms with van der Waals surface area (Å²) in [6.45, 7) is 7.68. The first kappa shape index (κ1) is 35.6. The van der Waals surface area contributed by atoms with Gasteiger partial charge in [0.25, 0.3) is 4.84 Å². The minimum atomic E-state index is -0.773. The molecule has 1 aliphatic heterocycles. The molecular weight excluding hydrogens is 534 g/mol. The largest absolute Gasteiger partial charge is 0.457 e. The third-order valence-corrected chi connectivity index (χ3v) is 4.60. The van der Waals surface area contributed by atoms with Gasteiger partial charge in [-0.1, -0.05) is 48.3 Å². The van der Waals surface area contributed by atoms with E-state index in [1.807, 2.05) is 34.7 Å². The average molecular weight is 568 g/mol. The monoisotopic (exact) mass is 567 g/mol. The van der Waals surface area contributed by atoms with Crippen molar-refractivity contribution in [1.29, 1.82) is 0 Å². The Balaban J connectivity index is 0. The highest BCUT2D eigenvalue weighted by Gasteiger charge is 2.14. The van der Waals surface area contributed by atoms with Crippen LogP contribution in [0.1, 0.15) is 58.6 Å². The molecule has 2 aromatic rings. The maximum atomic E-state index is 10.5. The van der Waals surface area contributed by atoms with Crippen molar-refractivity contribution in [2.45, 2.75) is 59.8 Å². The first-order valence-electron chi connectivity index (χ1n) is 10.9. The number of aromatic nitrogens is 4. The van der Waals surface area contributed by atoms with Crippen LogP contribution in [-0.4, -0.2) is 54.7 Å². The second-order valence-corrected chi connectivity index (χ2v) is 7.25. The summed E-state index contributed by atoms with van der Waals surface area (Å²) in [6.07, 6.45) is 3.39. The molecule has 1 aliphatic rings. The molecule has 210 valence electrons. The number of aryl methyl sites for hydroxylation is 2. The molecule has 17 heteroatoms. The number of methoxy groups -OCH3 is 1. The van der Waals surface area contributed by atoms with Gasteiger partial charge in [-0.25, -0.2) is 14.4 Å². The van der Waals surface area contributed by atoms with Crippen molar-refractivity contribution < 1.29 is 33.4 Å². The number of hydrogen-bond donors (Lipinski definition) is 2. The standard InChI is InChI=1S/C5H8N2O2.C5H8N2OS.C5H7NO2.C3H8N2O.C2H3ClO2/c1-3-4-6-9-5(8)7(4)2;1-3-4-6-8-5(9)7(4)2;1-2-4-3-5(7)8-6-4;1-2-3(4)5-6;1-5-2(3)4/h2*3H2,1-2H3;2-3H2,1H3;6H,2H2,1H3,(H2,4,5);1H3. The Kier molecular flexibility index (Phi) is 19.9. The van der Waals surface area contributed by atoms with E-state index >= 15 is 0 Å². The lowest BCUT2D eigenvalue weighted by Crippen LogP contribution is -2.11. The van der Waals surface area contributed by atoms with Crippen LogP contribution in [0.5, 0.6) is 0 Å². The fourth-order valence-electron chi connectivity index (χ4n) is 1.85. The molecule has 3 heterocycles. The quantitative estimate of drug-likeness (QED) is 0.104. The van der Waals surface area contributed by atoms with Crippen LogP contribution in [0.2, 0.25) is 0 Å². The van der Waals surface area contributed by atoms with Gasteiger partial charge in [0.1, 0.15) is 5.84 Å². The van der Waals surface area contributed by atoms with Gasteiger partial charge < -0.3 is 25.0 Å². The van der Waals surface area contributed by atoms with Crippen LogP contribution in [0, 0.1) is 4.84 Å². The molecule has 0 aliphatic carbocycles. The van der Waals surface area contributed by atoms with Crippen molar-refractivity contribution in [2.75, 3.05) is 7.11 Å². The molecule has 0 radical (unpaired) electrons. The maximum absolute atomic E-state index is 10.5. The van der Waals surface area contributed by atoms with Gasteiger partial charge in [0.2, 0.25) is 0 Å². The highest BCUT2D eigenvalue weighted by Crippen LogP contribution is 2.03. The maximum Gasteiger partial charge on any atom is 0.441 e. The lowest BCUT2D eigenvalue weighted by molar-refractivity contribution is -0.140. The highest BCUT2D eigenvalue weighted by molar-refractivity contribution is 7.71. The molecule has 15 nitrogen and oxygen atoms in total. The van der Waals surface area contributed by atoms with E-state index in [-0.39, 0.29) is 11.8 Å². The fraction of sp³-hybridized carbons (Fsp3) is 0.600. The molecule has 2 aromatic heterocycles. The van der Waals surface area contributed by atoms with E-state index in [0.29, 0.717) is 23.5 Å². The minimum absolute atomic E-state index is 0.234. The van der Waals surface area contributed by atoms with E-state index in [1.54, 1.807) is 11.6 Å². The first-order chi connectivity index (χ1) is 17.4. The van der Waals surface area contributed by atoms with E-state index in [2.05, 4.69) is 46.3 Å². The second kappa shape index (κ2) is 20.6. The van der Waals surface area contributed by atoms with Crippen molar-refractivity contribution in [1.82, 2.24) is 19.4 Å². The van der Waals surface area contributed by atoms with Crippen molar-refractivity contribution in [3.63, 3.8) is 0 Å². The summed E-state index contributed by atoms with van der Waals surface area (Å²) < 4.78 is 16.1. The van der Waals surface area contributed by atoms with E-state index in [9.17, 15) is 14.4 Å². The van der Waals surface area contributed by atoms with Gasteiger partial charge in [-0.15, -0.1) is 0 Å². The van der Waals surface area contributed by atoms with Crippen LogP contribution in [0.4, 0.5) is 4.79 Å². The molecule has 0 atom stereocenters. The van der Waals surface area contributed by atoms with Gasteiger partial charge in [-0.3, -0.25) is 13.7 Å². The molecule has 0 fully saturated rings. The van der Waals surface area contributed by atoms with E-state index in [0.717, 1.165) is 30.8 Å². The number of nitrogens with zero attached hydrogens (tertiary/aromatic N) is 6. The summed E-state index contributed by atoms with van der Waals surface area (Å²) >= 11 is 9.38. The number of ether oxygens (including phenoxy) is 1. The van der Waals surface area contributed by atoms with E-state index in [4.69, 9.17) is 27.7 Å². The Morgan fingerprint density at radius 1 is 1.11 bits per heavy atom. The molecule has 0 aromatic carbocycles. The zero-order valence-corrected chi connectivity index (χ0v) is 23.5. The van der Waals surface area contributed by atoms with Gasteiger partial charge in [-0.2, -0.15) is 0 Å². The van der Waals surface area contributed by atoms with Crippen LogP contribution in [-0.2, 0) is 41.3 Å². The van der Waals surface area contributed by atoms with Crippen LogP contribution in [0.3, 0.4) is 0 Å². The molecule has 37 heavy (non-hydrogen) atoms. The number of carbonyl (C=O) groups is 2. The summed E-state index contributed by atoms with van der Waals surface area (Å²) in [6, 6.07) is 0. The Bertz CT molecular complexity index is 1070. The number of halogens is 1. The molecule has 0 amide bonds. The van der Waals surface area contributed by atoms with Crippen LogP contribution >= 0.6 is 23.8 Å². The number of rotatable bonds is 4. The zero-order chi connectivity index (χ0) is 29.0. The molecule has 0 bridgehead atoms. The Morgan fingerprint density at radius 2 is 1.62 bits per heavy atom. The van der Waals surface area contributed by atoms with Crippen LogP contribution in [0.25, 0.3) is 0 Å². The molecule has 0 unspecified atom stereocenters. The summed E-state index contributed by atoms with van der Waals surface area (Å²) in [4.78, 5) is 34.9. The van der Waals surface area contributed by atoms with Gasteiger partial charge in [-0.05, 0) is 18.6 Å². The average Bonchev–Trinajstić information content (AvgIpc) is 3.58. The predicted molar refractivity (Wildman–Crippen MR) is 137 cm³/mol. The number of nitrogens with two attached hydrogens (primary N) is 1. The molecular formula is C20H34ClN7O8S. The molecule has 3 rings (SSSR count). The van der Waals surface area contributed by atoms with Gasteiger partial charge in [0.15, 0.2) is 11.6 Å². The predicted octanol–water partition coefficient (Wildman–Crippen LogP) is 3.07. The normalized spacial score (nSPS) is 11.6. The van der Waals surface area contributed by atoms with Crippen LogP contribution in [0.15, 0.2) is 24.2 Å². The summed E-state index contributed by atoms with van der Waals surface area (Å²) in [5.74, 6) is 1.21. The minimum Gasteiger partial charge on any atom is -0.457 e. The van der Waals surface area contributed by atoms with Gasteiger partial charge >= 0.3 is 17.2 Å². The summed E-state index contributed by atoms with van der Waals surface area (Å²) in [5, 5.41) is 21.2. The van der Waals surface area contributed by atoms with Crippen molar-refractivity contribution in [3.8, 4) is 0 Å². The van der Waals surface area contributed by atoms with Gasteiger partial charge in [0, 0.05) is 45.0 Å². The molecule has 0 saturated carbocycles. The Morgan fingerprint density at radius 3 is 1.78 bits per heavy atom. The third kappa shape index (κ3) is 16.0. The summed E-state index contributed by atoms with van der Waals surface area (Å²) in [7, 11) is 4.70. The lowest BCUT2D eigenvalue weighted by atomic mass is 10.2. The van der Waals surface area contributed by atoms with Crippen LogP contribution < -0.4 is 11.5 Å². The Labute approximate surface area is 223 Å². The van der Waals surface area contributed by atoms with Crippen molar-refractivity contribution >= 4 is 46.8 Å².